The minimum atomic E-state index is -0.454. The molecule has 0 aliphatic rings. The summed E-state index contributed by atoms with van der Waals surface area (Å²) in [5, 5.41) is 2.67. The molecule has 2 aromatic rings. The second-order valence-corrected chi connectivity index (χ2v) is 5.36. The minimum Gasteiger partial charge on any atom is -0.461 e. The summed E-state index contributed by atoms with van der Waals surface area (Å²) in [4.78, 5) is 24.8. The van der Waals surface area contributed by atoms with Gasteiger partial charge < -0.3 is 14.6 Å². The minimum absolute atomic E-state index is 0.261. The maximum Gasteiger partial charge on any atom is 0.355 e. The van der Waals surface area contributed by atoms with Gasteiger partial charge in [0.25, 0.3) is 5.91 Å². The van der Waals surface area contributed by atoms with Crippen LogP contribution in [-0.4, -0.2) is 23.1 Å². The Morgan fingerprint density at radius 2 is 1.96 bits per heavy atom. The van der Waals surface area contributed by atoms with Gasteiger partial charge in [-0.15, -0.1) is 0 Å². The number of amides is 1. The molecule has 0 fully saturated rings. The summed E-state index contributed by atoms with van der Waals surface area (Å²) in [6.07, 6.45) is 0. The molecule has 1 aromatic heterocycles. The Morgan fingerprint density at radius 1 is 1.25 bits per heavy atom. The van der Waals surface area contributed by atoms with Crippen molar-refractivity contribution in [1.82, 2.24) is 4.57 Å². The second-order valence-electron chi connectivity index (χ2n) is 5.36. The number of carbonyl (C=O) groups excluding carboxylic acids is 2. The van der Waals surface area contributed by atoms with Crippen LogP contribution in [0.25, 0.3) is 0 Å². The third-order valence-corrected chi connectivity index (χ3v) is 3.86. The van der Waals surface area contributed by atoms with Crippen molar-refractivity contribution in [2.75, 3.05) is 11.9 Å². The molecule has 0 aliphatic heterocycles. The average molecular weight is 332 g/mol. The van der Waals surface area contributed by atoms with Gasteiger partial charge in [-0.1, -0.05) is 6.07 Å². The molecular formula is C18H21FN2O3. The van der Waals surface area contributed by atoms with Crippen LogP contribution in [0.1, 0.15) is 46.0 Å². The van der Waals surface area contributed by atoms with Crippen molar-refractivity contribution < 1.29 is 18.7 Å². The highest BCUT2D eigenvalue weighted by atomic mass is 19.1. The van der Waals surface area contributed by atoms with Gasteiger partial charge in [0.15, 0.2) is 0 Å². The summed E-state index contributed by atoms with van der Waals surface area (Å²) < 4.78 is 20.1. The maximum absolute atomic E-state index is 13.3. The number of hydrogen-bond donors (Lipinski definition) is 1. The molecule has 6 heteroatoms. The third kappa shape index (κ3) is 3.32. The Hall–Kier alpha value is -2.63. The van der Waals surface area contributed by atoms with E-state index in [2.05, 4.69) is 5.32 Å². The summed E-state index contributed by atoms with van der Waals surface area (Å²) in [6, 6.07) is 5.67. The van der Waals surface area contributed by atoms with Gasteiger partial charge in [0.2, 0.25) is 0 Å². The van der Waals surface area contributed by atoms with Crippen molar-refractivity contribution in [3.8, 4) is 0 Å². The molecule has 0 spiro atoms. The van der Waals surface area contributed by atoms with E-state index in [9.17, 15) is 14.0 Å². The monoisotopic (exact) mass is 332 g/mol. The lowest BCUT2D eigenvalue weighted by molar-refractivity contribution is 0.0512. The van der Waals surface area contributed by atoms with Gasteiger partial charge in [0.05, 0.1) is 12.2 Å². The predicted octanol–water partition coefficient (Wildman–Crippen LogP) is 3.69. The molecular weight excluding hydrogens is 311 g/mol. The number of hydrogen-bond acceptors (Lipinski definition) is 3. The molecule has 0 bridgehead atoms. The summed E-state index contributed by atoms with van der Waals surface area (Å²) in [7, 11) is 0. The number of rotatable bonds is 5. The molecule has 1 aromatic carbocycles. The highest BCUT2D eigenvalue weighted by Gasteiger charge is 2.26. The number of nitrogens with zero attached hydrogens (tertiary/aromatic N) is 1. The largest absolute Gasteiger partial charge is 0.461 e. The van der Waals surface area contributed by atoms with E-state index in [4.69, 9.17) is 4.74 Å². The Balaban J connectivity index is 2.43. The molecule has 1 heterocycles. The number of halogens is 1. The van der Waals surface area contributed by atoms with Crippen LogP contribution in [0.4, 0.5) is 10.1 Å². The first-order valence-corrected chi connectivity index (χ1v) is 7.84. The second kappa shape index (κ2) is 7.29. The molecule has 5 nitrogen and oxygen atoms in total. The van der Waals surface area contributed by atoms with Crippen LogP contribution in [0.3, 0.4) is 0 Å². The van der Waals surface area contributed by atoms with Crippen molar-refractivity contribution in [2.45, 2.75) is 34.2 Å². The smallest absolute Gasteiger partial charge is 0.355 e. The van der Waals surface area contributed by atoms with Gasteiger partial charge in [-0.2, -0.15) is 0 Å². The molecule has 1 amide bonds. The zero-order valence-corrected chi connectivity index (χ0v) is 14.3. The molecule has 0 saturated carbocycles. The van der Waals surface area contributed by atoms with Crippen molar-refractivity contribution in [3.63, 3.8) is 0 Å². The standard InChI is InChI=1S/C18H21FN2O3/c1-5-21-12(4)15(11(3)16(21)18(23)24-6-2)17(22)20-14-9-7-8-13(19)10-14/h7-10H,5-6H2,1-4H3,(H,20,22). The van der Waals surface area contributed by atoms with E-state index in [1.807, 2.05) is 6.92 Å². The summed E-state index contributed by atoms with van der Waals surface area (Å²) >= 11 is 0. The van der Waals surface area contributed by atoms with Gasteiger partial charge in [-0.25, -0.2) is 9.18 Å². The lowest BCUT2D eigenvalue weighted by Crippen LogP contribution is -2.14. The Bertz CT molecular complexity index is 781. The van der Waals surface area contributed by atoms with E-state index in [-0.39, 0.29) is 12.5 Å². The van der Waals surface area contributed by atoms with Gasteiger partial charge in [0, 0.05) is 17.9 Å². The van der Waals surface area contributed by atoms with Gasteiger partial charge in [-0.3, -0.25) is 4.79 Å². The highest BCUT2D eigenvalue weighted by Crippen LogP contribution is 2.24. The predicted molar refractivity (Wildman–Crippen MR) is 89.9 cm³/mol. The molecule has 0 atom stereocenters. The topological polar surface area (TPSA) is 60.3 Å². The fourth-order valence-electron chi connectivity index (χ4n) is 2.85. The molecule has 1 N–H and O–H groups in total. The van der Waals surface area contributed by atoms with Crippen molar-refractivity contribution >= 4 is 17.6 Å². The van der Waals surface area contributed by atoms with Crippen LogP contribution < -0.4 is 5.32 Å². The Kier molecular flexibility index (Phi) is 5.39. The summed E-state index contributed by atoms with van der Waals surface area (Å²) in [5.74, 6) is -1.27. The molecule has 128 valence electrons. The maximum atomic E-state index is 13.3. The number of anilines is 1. The average Bonchev–Trinajstić information content (AvgIpc) is 2.77. The zero-order chi connectivity index (χ0) is 17.9. The van der Waals surface area contributed by atoms with E-state index in [0.29, 0.717) is 34.7 Å². The summed E-state index contributed by atoms with van der Waals surface area (Å²) in [6.45, 7) is 7.91. The first kappa shape index (κ1) is 17.7. The lowest BCUT2D eigenvalue weighted by Gasteiger charge is -2.08. The van der Waals surface area contributed by atoms with Crippen LogP contribution in [0.5, 0.6) is 0 Å². The summed E-state index contributed by atoms with van der Waals surface area (Å²) in [5.41, 5.74) is 2.37. The number of nitrogens with one attached hydrogen (secondary N) is 1. The number of benzene rings is 1. The van der Waals surface area contributed by atoms with Crippen LogP contribution in [0, 0.1) is 19.7 Å². The number of esters is 1. The van der Waals surface area contributed by atoms with Crippen LogP contribution >= 0.6 is 0 Å². The van der Waals surface area contributed by atoms with Crippen molar-refractivity contribution in [3.05, 3.63) is 52.6 Å². The Labute approximate surface area is 140 Å². The van der Waals surface area contributed by atoms with E-state index in [1.165, 1.54) is 18.2 Å². The van der Waals surface area contributed by atoms with E-state index >= 15 is 0 Å². The quantitative estimate of drug-likeness (QED) is 0.850. The van der Waals surface area contributed by atoms with Gasteiger partial charge in [-0.05, 0) is 51.5 Å². The van der Waals surface area contributed by atoms with Gasteiger partial charge in [0.1, 0.15) is 11.5 Å². The van der Waals surface area contributed by atoms with Crippen LogP contribution in [0.15, 0.2) is 24.3 Å². The highest BCUT2D eigenvalue weighted by molar-refractivity contribution is 6.08. The molecule has 0 radical (unpaired) electrons. The van der Waals surface area contributed by atoms with E-state index in [1.54, 1.807) is 31.4 Å². The first-order chi connectivity index (χ1) is 11.4. The first-order valence-electron chi connectivity index (χ1n) is 7.84. The Morgan fingerprint density at radius 3 is 2.54 bits per heavy atom. The number of carbonyl (C=O) groups is 2. The van der Waals surface area contributed by atoms with Crippen molar-refractivity contribution in [1.29, 1.82) is 0 Å². The molecule has 0 unspecified atom stereocenters. The fraction of sp³-hybridized carbons (Fsp3) is 0.333. The zero-order valence-electron chi connectivity index (χ0n) is 14.3. The molecule has 0 saturated heterocycles. The molecule has 24 heavy (non-hydrogen) atoms. The fourth-order valence-corrected chi connectivity index (χ4v) is 2.85. The molecule has 2 rings (SSSR count). The van der Waals surface area contributed by atoms with Crippen molar-refractivity contribution in [2.24, 2.45) is 0 Å². The van der Waals surface area contributed by atoms with Crippen LogP contribution in [-0.2, 0) is 11.3 Å². The number of aromatic nitrogens is 1. The van der Waals surface area contributed by atoms with E-state index in [0.717, 1.165) is 0 Å². The lowest BCUT2D eigenvalue weighted by atomic mass is 10.1. The van der Waals surface area contributed by atoms with Gasteiger partial charge >= 0.3 is 5.97 Å². The normalized spacial score (nSPS) is 10.5. The third-order valence-electron chi connectivity index (χ3n) is 3.86. The SMILES string of the molecule is CCOC(=O)c1c(C)c(C(=O)Nc2cccc(F)c2)c(C)n1CC. The van der Waals surface area contributed by atoms with E-state index < -0.39 is 11.8 Å². The molecule has 0 aliphatic carbocycles. The number of ether oxygens (including phenoxy) is 1. The van der Waals surface area contributed by atoms with Crippen LogP contribution in [0.2, 0.25) is 0 Å².